The number of pyridine rings is 1. The van der Waals surface area contributed by atoms with Crippen LogP contribution in [0.15, 0.2) is 152 Å². The highest BCUT2D eigenvalue weighted by Gasteiger charge is 2.39. The van der Waals surface area contributed by atoms with E-state index < -0.39 is 7.29 Å². The first kappa shape index (κ1) is 31.9. The summed E-state index contributed by atoms with van der Waals surface area (Å²) in [6, 6.07) is 40.9. The Hall–Kier alpha value is -6.36. The third-order valence-corrected chi connectivity index (χ3v) is 15.7. The van der Waals surface area contributed by atoms with Gasteiger partial charge >= 0.3 is 0 Å². The Morgan fingerprint density at radius 2 is 1.41 bits per heavy atom. The molecule has 0 N–H and O–H groups in total. The van der Waals surface area contributed by atoms with Gasteiger partial charge in [0, 0.05) is 92.1 Å². The van der Waals surface area contributed by atoms with Gasteiger partial charge in [-0.2, -0.15) is 0 Å². The fourth-order valence-electron chi connectivity index (χ4n) is 10.3. The number of anilines is 1. The zero-order valence-electron chi connectivity index (χ0n) is 31.2. The van der Waals surface area contributed by atoms with Crippen molar-refractivity contribution in [1.82, 2.24) is 18.5 Å². The first-order chi connectivity index (χ1) is 27.5. The molecule has 0 amide bonds. The van der Waals surface area contributed by atoms with Crippen molar-refractivity contribution >= 4 is 84.3 Å². The fourth-order valence-corrected chi connectivity index (χ4v) is 13.1. The Morgan fingerprint density at radius 3 is 2.23 bits per heavy atom. The first-order valence-electron chi connectivity index (χ1n) is 19.5. The number of allylic oxidation sites excluding steroid dienone is 3. The molecule has 0 saturated heterocycles. The predicted molar refractivity (Wildman–Crippen MR) is 234 cm³/mol. The van der Waals surface area contributed by atoms with Crippen LogP contribution in [0, 0.1) is 0 Å². The van der Waals surface area contributed by atoms with E-state index in [4.69, 9.17) is 4.98 Å². The second-order valence-electron chi connectivity index (χ2n) is 15.5. The normalized spacial score (nSPS) is 18.4. The zero-order valence-corrected chi connectivity index (χ0v) is 32.1. The van der Waals surface area contributed by atoms with E-state index in [1.54, 1.807) is 6.20 Å². The molecule has 270 valence electrons. The number of para-hydroxylation sites is 2. The van der Waals surface area contributed by atoms with Crippen molar-refractivity contribution in [2.24, 2.45) is 7.05 Å². The lowest BCUT2D eigenvalue weighted by atomic mass is 9.89. The molecule has 5 heterocycles. The number of hydrogen-bond acceptors (Lipinski definition) is 3. The third kappa shape index (κ3) is 4.07. The second-order valence-corrected chi connectivity index (χ2v) is 18.0. The summed E-state index contributed by atoms with van der Waals surface area (Å²) < 4.78 is 23.4. The molecule has 0 radical (unpaired) electrons. The molecule has 56 heavy (non-hydrogen) atoms. The van der Waals surface area contributed by atoms with Crippen molar-refractivity contribution in [1.29, 1.82) is 0 Å². The quantitative estimate of drug-likeness (QED) is 0.169. The van der Waals surface area contributed by atoms with Gasteiger partial charge in [-0.3, -0.25) is 13.9 Å². The van der Waals surface area contributed by atoms with Gasteiger partial charge in [0.25, 0.3) is 7.29 Å². The van der Waals surface area contributed by atoms with E-state index in [2.05, 4.69) is 166 Å². The van der Waals surface area contributed by atoms with Crippen LogP contribution in [0.25, 0.3) is 66.3 Å². The molecule has 0 spiro atoms. The summed E-state index contributed by atoms with van der Waals surface area (Å²) >= 11 is 0. The smallest absolute Gasteiger partial charge is 0.251 e. The summed E-state index contributed by atoms with van der Waals surface area (Å²) in [6.45, 7) is 0. The molecule has 6 nitrogen and oxygen atoms in total. The van der Waals surface area contributed by atoms with E-state index in [0.717, 1.165) is 51.5 Å². The van der Waals surface area contributed by atoms with Gasteiger partial charge in [-0.05, 0) is 91.2 Å². The minimum absolute atomic E-state index is 0.293. The van der Waals surface area contributed by atoms with Crippen molar-refractivity contribution in [3.63, 3.8) is 0 Å². The van der Waals surface area contributed by atoms with Crippen LogP contribution in [0.3, 0.4) is 0 Å². The van der Waals surface area contributed by atoms with E-state index in [1.807, 2.05) is 18.2 Å². The van der Waals surface area contributed by atoms with E-state index in [0.29, 0.717) is 17.4 Å². The summed E-state index contributed by atoms with van der Waals surface area (Å²) in [5, 5.41) is 6.89. The molecule has 3 unspecified atom stereocenters. The van der Waals surface area contributed by atoms with Crippen LogP contribution in [0.1, 0.15) is 29.2 Å². The predicted octanol–water partition coefficient (Wildman–Crippen LogP) is 10.5. The average Bonchev–Trinajstić information content (AvgIpc) is 3.96. The van der Waals surface area contributed by atoms with Crippen molar-refractivity contribution < 1.29 is 4.57 Å². The molecule has 12 rings (SSSR count). The lowest BCUT2D eigenvalue weighted by Crippen LogP contribution is -2.28. The summed E-state index contributed by atoms with van der Waals surface area (Å²) in [5.41, 5.74) is 12.2. The molecule has 3 aliphatic rings. The Balaban J connectivity index is 1.10. The van der Waals surface area contributed by atoms with Crippen LogP contribution in [0.5, 0.6) is 0 Å². The lowest BCUT2D eigenvalue weighted by Gasteiger charge is -2.25. The van der Waals surface area contributed by atoms with Crippen LogP contribution < -0.4 is 15.6 Å². The second kappa shape index (κ2) is 11.6. The fraction of sp³-hybridized carbons (Fsp3) is 0.122. The van der Waals surface area contributed by atoms with Gasteiger partial charge in [0.15, 0.2) is 0 Å². The maximum atomic E-state index is 16.5. The lowest BCUT2D eigenvalue weighted by molar-refractivity contribution is 0.580. The highest BCUT2D eigenvalue weighted by Crippen LogP contribution is 2.53. The molecule has 9 aromatic rings. The average molecular weight is 744 g/mol. The van der Waals surface area contributed by atoms with Crippen LogP contribution in [-0.2, 0) is 18.0 Å². The van der Waals surface area contributed by atoms with Crippen LogP contribution in [-0.4, -0.2) is 31.5 Å². The summed E-state index contributed by atoms with van der Waals surface area (Å²) in [5.74, 6) is 0.293. The molecular weight excluding hydrogens is 706 g/mol. The minimum Gasteiger partial charge on any atom is -0.367 e. The Labute approximate surface area is 324 Å². The molecule has 5 aromatic carbocycles. The first-order valence-corrected chi connectivity index (χ1v) is 21.2. The summed E-state index contributed by atoms with van der Waals surface area (Å²) in [6.07, 6.45) is 17.0. The summed E-state index contributed by atoms with van der Waals surface area (Å²) in [4.78, 5) is 7.27. The Bertz CT molecular complexity index is 3270. The van der Waals surface area contributed by atoms with E-state index in [-0.39, 0.29) is 0 Å². The number of aryl methyl sites for hydroxylation is 1. The highest BCUT2D eigenvalue weighted by atomic mass is 31.2. The number of benzene rings is 5. The molecule has 0 bridgehead atoms. The van der Waals surface area contributed by atoms with Crippen LogP contribution in [0.2, 0.25) is 0 Å². The SMILES string of the molecule is CN1c2ccc3c(c2C2C=CC=CC21)c1ccccc1n3-c1ccc(P(=O)(c2ccccn2)n2c3c(c4c5c6ccccc6n(C)c5ccc42)C=CCC3)cc1. The number of hydrogen-bond donors (Lipinski definition) is 0. The zero-order chi connectivity index (χ0) is 37.3. The maximum Gasteiger partial charge on any atom is 0.251 e. The summed E-state index contributed by atoms with van der Waals surface area (Å²) in [7, 11) is 0.793. The number of rotatable bonds is 4. The molecule has 2 aliphatic carbocycles. The van der Waals surface area contributed by atoms with Gasteiger partial charge in [-0.25, -0.2) is 0 Å². The van der Waals surface area contributed by atoms with Crippen LogP contribution >= 0.6 is 7.29 Å². The van der Waals surface area contributed by atoms with E-state index in [1.165, 1.54) is 49.3 Å². The van der Waals surface area contributed by atoms with Gasteiger partial charge in [-0.15, -0.1) is 0 Å². The van der Waals surface area contributed by atoms with Gasteiger partial charge in [0.2, 0.25) is 0 Å². The number of fused-ring (bicyclic) bond motifs is 14. The van der Waals surface area contributed by atoms with E-state index in [9.17, 15) is 0 Å². The molecule has 3 atom stereocenters. The Kier molecular flexibility index (Phi) is 6.60. The molecule has 0 saturated carbocycles. The van der Waals surface area contributed by atoms with Crippen molar-refractivity contribution in [2.45, 2.75) is 24.8 Å². The molecule has 7 heteroatoms. The van der Waals surface area contributed by atoms with Gasteiger partial charge in [0.1, 0.15) is 5.44 Å². The molecule has 4 aromatic heterocycles. The largest absolute Gasteiger partial charge is 0.367 e. The molecule has 1 aliphatic heterocycles. The minimum atomic E-state index is -3.56. The highest BCUT2D eigenvalue weighted by molar-refractivity contribution is 7.77. The third-order valence-electron chi connectivity index (χ3n) is 12.8. The molecule has 0 fully saturated rings. The van der Waals surface area contributed by atoms with E-state index >= 15 is 4.57 Å². The van der Waals surface area contributed by atoms with Gasteiger partial charge in [-0.1, -0.05) is 78.9 Å². The number of likely N-dealkylation sites (N-methyl/N-ethyl adjacent to an activating group) is 1. The maximum absolute atomic E-state index is 16.5. The van der Waals surface area contributed by atoms with Gasteiger partial charge in [0.05, 0.1) is 22.6 Å². The Morgan fingerprint density at radius 1 is 0.679 bits per heavy atom. The standard InChI is InChI=1S/C49H38N5OP/c1-51-37-17-7-3-13-33(37)46-41(51)26-28-43-48(46)35-15-5-9-19-39(35)53(43)31-22-24-32(25-23-31)56(55,45-21-11-12-30-50-45)54-40-20-10-6-16-36(40)49-44(54)29-27-42-47(49)34-14-4-8-18-38(34)52(42)2/h3-9,11-19,21-30,33,37H,10,20H2,1-2H3. The number of nitrogens with zero attached hydrogens (tertiary/aromatic N) is 5. The van der Waals surface area contributed by atoms with Crippen molar-refractivity contribution in [3.8, 4) is 5.69 Å². The van der Waals surface area contributed by atoms with Crippen LogP contribution in [0.4, 0.5) is 5.69 Å². The monoisotopic (exact) mass is 743 g/mol. The van der Waals surface area contributed by atoms with Crippen molar-refractivity contribution in [3.05, 3.63) is 169 Å². The van der Waals surface area contributed by atoms with Crippen molar-refractivity contribution in [2.75, 3.05) is 11.9 Å². The molecular formula is C49H38N5OP. The van der Waals surface area contributed by atoms with Gasteiger partial charge < -0.3 is 14.0 Å². The number of aromatic nitrogens is 4. The topological polar surface area (TPSA) is 48.0 Å².